The molecule has 0 heterocycles. The van der Waals surface area contributed by atoms with Gasteiger partial charge in [0.05, 0.1) is 5.69 Å². The maximum Gasteiger partial charge on any atom is 0.0638 e. The minimum absolute atomic E-state index is 0.961. The van der Waals surface area contributed by atoms with Crippen molar-refractivity contribution >= 4 is 17.5 Å². The molecule has 0 saturated carbocycles. The molecular formula is C37H49N. The van der Waals surface area contributed by atoms with Crippen LogP contribution in [0.1, 0.15) is 106 Å². The molecule has 38 heavy (non-hydrogen) atoms. The SMILES string of the molecule is CCCCCCc1cc(N=C(C)C(=Cc2cc(CCCC)c(C)c(-c3ccccc3)c2)CC)cc(C)c1C. The Morgan fingerprint density at radius 3 is 2.11 bits per heavy atom. The first-order valence-electron chi connectivity index (χ1n) is 14.9. The Morgan fingerprint density at radius 1 is 0.737 bits per heavy atom. The zero-order valence-electron chi connectivity index (χ0n) is 25.1. The van der Waals surface area contributed by atoms with E-state index in [2.05, 4.69) is 109 Å². The normalized spacial score (nSPS) is 12.3. The molecule has 0 unspecified atom stereocenters. The van der Waals surface area contributed by atoms with E-state index in [4.69, 9.17) is 4.99 Å². The number of nitrogens with zero attached hydrogens (tertiary/aromatic N) is 1. The van der Waals surface area contributed by atoms with Crippen molar-refractivity contribution in [3.05, 3.63) is 93.6 Å². The summed E-state index contributed by atoms with van der Waals surface area (Å²) in [4.78, 5) is 5.15. The molecule has 0 spiro atoms. The predicted molar refractivity (Wildman–Crippen MR) is 170 cm³/mol. The number of unbranched alkanes of at least 4 members (excludes halogenated alkanes) is 4. The van der Waals surface area contributed by atoms with E-state index in [1.54, 1.807) is 0 Å². The zero-order chi connectivity index (χ0) is 27.5. The van der Waals surface area contributed by atoms with Crippen LogP contribution in [0.15, 0.2) is 65.2 Å². The van der Waals surface area contributed by atoms with Gasteiger partial charge in [-0.2, -0.15) is 0 Å². The highest BCUT2D eigenvalue weighted by Crippen LogP contribution is 2.30. The molecule has 3 aromatic carbocycles. The Balaban J connectivity index is 1.98. The first-order chi connectivity index (χ1) is 18.4. The summed E-state index contributed by atoms with van der Waals surface area (Å²) >= 11 is 0. The summed E-state index contributed by atoms with van der Waals surface area (Å²) in [6, 6.07) is 20.2. The average Bonchev–Trinajstić information content (AvgIpc) is 2.92. The van der Waals surface area contributed by atoms with Gasteiger partial charge < -0.3 is 0 Å². The average molecular weight is 508 g/mol. The van der Waals surface area contributed by atoms with Crippen LogP contribution in [0.2, 0.25) is 0 Å². The van der Waals surface area contributed by atoms with Crippen molar-refractivity contribution in [3.8, 4) is 11.1 Å². The molecule has 0 aliphatic rings. The molecule has 0 aromatic heterocycles. The molecule has 0 atom stereocenters. The molecule has 0 N–H and O–H groups in total. The van der Waals surface area contributed by atoms with Crippen LogP contribution in [0, 0.1) is 20.8 Å². The van der Waals surface area contributed by atoms with Crippen molar-refractivity contribution in [1.29, 1.82) is 0 Å². The van der Waals surface area contributed by atoms with Crippen molar-refractivity contribution in [2.45, 2.75) is 106 Å². The third-order valence-electron chi connectivity index (χ3n) is 7.96. The van der Waals surface area contributed by atoms with E-state index >= 15 is 0 Å². The lowest BCUT2D eigenvalue weighted by Crippen LogP contribution is -1.99. The lowest BCUT2D eigenvalue weighted by molar-refractivity contribution is 0.665. The second-order valence-corrected chi connectivity index (χ2v) is 10.9. The summed E-state index contributed by atoms with van der Waals surface area (Å²) in [5.41, 5.74) is 14.5. The van der Waals surface area contributed by atoms with Gasteiger partial charge >= 0.3 is 0 Å². The summed E-state index contributed by atoms with van der Waals surface area (Å²) in [5, 5.41) is 0. The lowest BCUT2D eigenvalue weighted by Gasteiger charge is -2.15. The van der Waals surface area contributed by atoms with E-state index in [0.29, 0.717) is 0 Å². The van der Waals surface area contributed by atoms with Gasteiger partial charge in [-0.3, -0.25) is 4.99 Å². The van der Waals surface area contributed by atoms with Gasteiger partial charge in [0, 0.05) is 5.71 Å². The summed E-state index contributed by atoms with van der Waals surface area (Å²) in [5.74, 6) is 0. The van der Waals surface area contributed by atoms with E-state index in [0.717, 1.165) is 30.7 Å². The van der Waals surface area contributed by atoms with Gasteiger partial charge in [0.25, 0.3) is 0 Å². The highest BCUT2D eigenvalue weighted by atomic mass is 14.7. The molecule has 0 fully saturated rings. The van der Waals surface area contributed by atoms with Gasteiger partial charge in [-0.25, -0.2) is 0 Å². The maximum atomic E-state index is 5.15. The molecule has 0 radical (unpaired) electrons. The van der Waals surface area contributed by atoms with E-state index in [1.807, 2.05) is 0 Å². The molecule has 0 amide bonds. The minimum atomic E-state index is 0.961. The first-order valence-corrected chi connectivity index (χ1v) is 14.9. The number of benzene rings is 3. The van der Waals surface area contributed by atoms with Crippen LogP contribution in [0.4, 0.5) is 5.69 Å². The topological polar surface area (TPSA) is 12.4 Å². The molecule has 202 valence electrons. The number of aliphatic imine (C=N–C) groups is 1. The minimum Gasteiger partial charge on any atom is -0.253 e. The number of hydrogen-bond acceptors (Lipinski definition) is 1. The van der Waals surface area contributed by atoms with Crippen LogP contribution in [0.3, 0.4) is 0 Å². The Hall–Kier alpha value is -2.93. The fraction of sp³-hybridized carbons (Fsp3) is 0.432. The Kier molecular flexibility index (Phi) is 11.6. The first kappa shape index (κ1) is 29.6. The Labute approximate surface area is 233 Å². The van der Waals surface area contributed by atoms with Crippen LogP contribution in [-0.4, -0.2) is 5.71 Å². The van der Waals surface area contributed by atoms with E-state index < -0.39 is 0 Å². The fourth-order valence-corrected chi connectivity index (χ4v) is 5.33. The van der Waals surface area contributed by atoms with Gasteiger partial charge in [-0.15, -0.1) is 0 Å². The number of hydrogen-bond donors (Lipinski definition) is 0. The molecule has 0 saturated heterocycles. The molecule has 1 heteroatoms. The number of allylic oxidation sites excluding steroid dienone is 1. The number of aryl methyl sites for hydroxylation is 3. The van der Waals surface area contributed by atoms with Gasteiger partial charge in [-0.1, -0.05) is 82.9 Å². The van der Waals surface area contributed by atoms with Crippen LogP contribution < -0.4 is 0 Å². The largest absolute Gasteiger partial charge is 0.253 e. The van der Waals surface area contributed by atoms with Crippen molar-refractivity contribution in [1.82, 2.24) is 0 Å². The van der Waals surface area contributed by atoms with E-state index in [-0.39, 0.29) is 0 Å². The van der Waals surface area contributed by atoms with Crippen LogP contribution in [-0.2, 0) is 12.8 Å². The quantitative estimate of drug-likeness (QED) is 0.161. The molecule has 0 aliphatic carbocycles. The highest BCUT2D eigenvalue weighted by molar-refractivity contribution is 6.03. The standard InChI is InChI=1S/C37H49N/c1-8-11-13-15-21-35-26-36(22-27(4)28(35)5)38-30(7)32(10-3)23-31-24-34(18-12-9-2)29(6)37(25-31)33-19-16-14-17-20-33/h14,16-17,19-20,22-26H,8-13,15,18,21H2,1-7H3. The van der Waals surface area contributed by atoms with Gasteiger partial charge in [0.2, 0.25) is 0 Å². The van der Waals surface area contributed by atoms with Gasteiger partial charge in [-0.05, 0) is 134 Å². The Morgan fingerprint density at radius 2 is 1.42 bits per heavy atom. The molecule has 1 nitrogen and oxygen atoms in total. The summed E-state index contributed by atoms with van der Waals surface area (Å²) in [6.07, 6.45) is 13.2. The van der Waals surface area contributed by atoms with Crippen molar-refractivity contribution in [3.63, 3.8) is 0 Å². The second kappa shape index (κ2) is 14.9. The smallest absolute Gasteiger partial charge is 0.0638 e. The molecule has 0 aliphatic heterocycles. The second-order valence-electron chi connectivity index (χ2n) is 10.9. The predicted octanol–water partition coefficient (Wildman–Crippen LogP) is 11.3. The zero-order valence-corrected chi connectivity index (χ0v) is 25.1. The van der Waals surface area contributed by atoms with E-state index in [1.165, 1.54) is 88.6 Å². The van der Waals surface area contributed by atoms with Crippen LogP contribution >= 0.6 is 0 Å². The fourth-order valence-electron chi connectivity index (χ4n) is 5.33. The summed E-state index contributed by atoms with van der Waals surface area (Å²) in [7, 11) is 0. The van der Waals surface area contributed by atoms with Crippen molar-refractivity contribution in [2.75, 3.05) is 0 Å². The number of rotatable bonds is 13. The van der Waals surface area contributed by atoms with Crippen LogP contribution in [0.25, 0.3) is 17.2 Å². The molecule has 3 rings (SSSR count). The molecule has 3 aromatic rings. The monoisotopic (exact) mass is 507 g/mol. The summed E-state index contributed by atoms with van der Waals surface area (Å²) in [6.45, 7) is 15.7. The van der Waals surface area contributed by atoms with Crippen molar-refractivity contribution in [2.24, 2.45) is 4.99 Å². The van der Waals surface area contributed by atoms with Gasteiger partial charge in [0.15, 0.2) is 0 Å². The van der Waals surface area contributed by atoms with E-state index in [9.17, 15) is 0 Å². The third kappa shape index (κ3) is 8.03. The molecular weight excluding hydrogens is 458 g/mol. The third-order valence-corrected chi connectivity index (χ3v) is 7.96. The molecule has 0 bridgehead atoms. The highest BCUT2D eigenvalue weighted by Gasteiger charge is 2.11. The summed E-state index contributed by atoms with van der Waals surface area (Å²) < 4.78 is 0. The lowest BCUT2D eigenvalue weighted by atomic mass is 9.90. The maximum absolute atomic E-state index is 5.15. The van der Waals surface area contributed by atoms with Crippen LogP contribution in [0.5, 0.6) is 0 Å². The Bertz CT molecular complexity index is 1240. The van der Waals surface area contributed by atoms with Crippen molar-refractivity contribution < 1.29 is 0 Å². The van der Waals surface area contributed by atoms with Gasteiger partial charge in [0.1, 0.15) is 0 Å².